The molecule has 3 atom stereocenters. The summed E-state index contributed by atoms with van der Waals surface area (Å²) >= 11 is 3.68. The first-order valence-corrected chi connectivity index (χ1v) is 10.2. The molecule has 2 aliphatic rings. The molecule has 22 heavy (non-hydrogen) atoms. The third kappa shape index (κ3) is 3.77. The lowest BCUT2D eigenvalue weighted by molar-refractivity contribution is 0.185. The Morgan fingerprint density at radius 1 is 1.50 bits per heavy atom. The zero-order valence-electron chi connectivity index (χ0n) is 13.3. The molecule has 3 rings (SSSR count). The lowest BCUT2D eigenvalue weighted by atomic mass is 10.2. The summed E-state index contributed by atoms with van der Waals surface area (Å²) in [5.74, 6) is 1.75. The number of amides is 2. The number of aromatic nitrogens is 1. The molecule has 0 spiro atoms. The Bertz CT molecular complexity index is 490. The van der Waals surface area contributed by atoms with Gasteiger partial charge in [-0.3, -0.25) is 0 Å². The van der Waals surface area contributed by atoms with Gasteiger partial charge >= 0.3 is 6.03 Å². The molecule has 1 N–H and O–H groups in total. The van der Waals surface area contributed by atoms with E-state index < -0.39 is 0 Å². The summed E-state index contributed by atoms with van der Waals surface area (Å²) in [5, 5.41) is 7.00. The Morgan fingerprint density at radius 2 is 2.32 bits per heavy atom. The molecule has 0 aromatic carbocycles. The number of urea groups is 1. The van der Waals surface area contributed by atoms with Gasteiger partial charge in [0.05, 0.1) is 6.04 Å². The molecular weight excluding hydrogens is 314 g/mol. The minimum Gasteiger partial charge on any atom is -0.328 e. The molecular formula is C16H25N3OS2. The molecule has 4 nitrogen and oxygen atoms in total. The van der Waals surface area contributed by atoms with Crippen LogP contribution in [0, 0.1) is 5.92 Å². The molecule has 6 heteroatoms. The van der Waals surface area contributed by atoms with Crippen LogP contribution < -0.4 is 5.32 Å². The van der Waals surface area contributed by atoms with Gasteiger partial charge in [0.25, 0.3) is 0 Å². The van der Waals surface area contributed by atoms with Crippen molar-refractivity contribution in [3.63, 3.8) is 0 Å². The van der Waals surface area contributed by atoms with Crippen LogP contribution in [-0.4, -0.2) is 40.0 Å². The number of rotatable bonds is 6. The van der Waals surface area contributed by atoms with Crippen molar-refractivity contribution >= 4 is 29.1 Å². The van der Waals surface area contributed by atoms with Crippen LogP contribution in [0.2, 0.25) is 0 Å². The van der Waals surface area contributed by atoms with E-state index >= 15 is 0 Å². The molecule has 2 saturated carbocycles. The topological polar surface area (TPSA) is 45.2 Å². The smallest absolute Gasteiger partial charge is 0.317 e. The highest BCUT2D eigenvalue weighted by Gasteiger charge is 2.37. The predicted molar refractivity (Wildman–Crippen MR) is 93.4 cm³/mol. The van der Waals surface area contributed by atoms with Crippen molar-refractivity contribution in [2.45, 2.75) is 56.4 Å². The van der Waals surface area contributed by atoms with E-state index in [1.54, 1.807) is 11.3 Å². The Morgan fingerprint density at radius 3 is 2.95 bits per heavy atom. The summed E-state index contributed by atoms with van der Waals surface area (Å²) in [4.78, 5) is 19.0. The second kappa shape index (κ2) is 7.21. The number of thiazole rings is 1. The quantitative estimate of drug-likeness (QED) is 0.854. The molecule has 122 valence electrons. The summed E-state index contributed by atoms with van der Waals surface area (Å²) < 4.78 is 0. The van der Waals surface area contributed by atoms with Gasteiger partial charge in [0, 0.05) is 29.9 Å². The zero-order valence-corrected chi connectivity index (χ0v) is 15.0. The van der Waals surface area contributed by atoms with E-state index in [0.29, 0.717) is 12.0 Å². The molecule has 1 aromatic heterocycles. The Hall–Kier alpha value is -0.750. The fourth-order valence-corrected chi connectivity index (χ4v) is 5.17. The third-order valence-electron chi connectivity index (χ3n) is 4.72. The fraction of sp³-hybridized carbons (Fsp3) is 0.750. The van der Waals surface area contributed by atoms with Crippen molar-refractivity contribution in [2.24, 2.45) is 5.92 Å². The van der Waals surface area contributed by atoms with Crippen molar-refractivity contribution in [2.75, 3.05) is 12.8 Å². The Balaban J connectivity index is 1.56. The van der Waals surface area contributed by atoms with E-state index in [1.165, 1.54) is 25.0 Å². The van der Waals surface area contributed by atoms with Crippen LogP contribution in [0.4, 0.5) is 4.79 Å². The van der Waals surface area contributed by atoms with Crippen molar-refractivity contribution in [3.05, 3.63) is 16.6 Å². The van der Waals surface area contributed by atoms with E-state index in [-0.39, 0.29) is 12.1 Å². The lowest BCUT2D eigenvalue weighted by Crippen LogP contribution is -2.44. The monoisotopic (exact) mass is 339 g/mol. The number of nitrogens with one attached hydrogen (secondary N) is 1. The molecule has 0 aliphatic heterocycles. The Labute approximate surface area is 141 Å². The van der Waals surface area contributed by atoms with Gasteiger partial charge in [-0.25, -0.2) is 9.78 Å². The predicted octanol–water partition coefficient (Wildman–Crippen LogP) is 3.91. The van der Waals surface area contributed by atoms with Crippen LogP contribution in [0.1, 0.15) is 50.1 Å². The molecule has 2 aliphatic carbocycles. The average Bonchev–Trinajstić information content (AvgIpc) is 3.01. The van der Waals surface area contributed by atoms with Gasteiger partial charge in [-0.2, -0.15) is 11.8 Å². The number of hydrogen-bond donors (Lipinski definition) is 1. The third-order valence-corrected chi connectivity index (χ3v) is 6.81. The zero-order chi connectivity index (χ0) is 15.5. The summed E-state index contributed by atoms with van der Waals surface area (Å²) in [7, 11) is 1.95. The van der Waals surface area contributed by atoms with Crippen LogP contribution >= 0.6 is 23.1 Å². The van der Waals surface area contributed by atoms with Crippen molar-refractivity contribution in [3.8, 4) is 0 Å². The van der Waals surface area contributed by atoms with Crippen molar-refractivity contribution in [1.82, 2.24) is 15.2 Å². The van der Waals surface area contributed by atoms with Gasteiger partial charge in [0.15, 0.2) is 0 Å². The van der Waals surface area contributed by atoms with E-state index in [9.17, 15) is 4.79 Å². The Kier molecular flexibility index (Phi) is 5.29. The summed E-state index contributed by atoms with van der Waals surface area (Å²) in [6.45, 7) is 2.21. The van der Waals surface area contributed by atoms with E-state index in [4.69, 9.17) is 0 Å². The highest BCUT2D eigenvalue weighted by Crippen LogP contribution is 2.41. The van der Waals surface area contributed by atoms with Crippen LogP contribution in [0.15, 0.2) is 11.6 Å². The van der Waals surface area contributed by atoms with Gasteiger partial charge < -0.3 is 10.2 Å². The molecule has 0 saturated heterocycles. The minimum atomic E-state index is 0.0687. The van der Waals surface area contributed by atoms with Gasteiger partial charge in [0.2, 0.25) is 0 Å². The normalized spacial score (nSPS) is 25.9. The number of carbonyl (C=O) groups excluding carboxylic acids is 1. The number of thioether (sulfide) groups is 1. The SMILES string of the molecule is CCS[C@@H]1CC[C@H](N(C)C(=O)N[C@H](c2nccs2)C2CC2)C1. The van der Waals surface area contributed by atoms with Gasteiger partial charge in [-0.05, 0) is 43.8 Å². The lowest BCUT2D eigenvalue weighted by Gasteiger charge is -2.27. The molecule has 1 heterocycles. The second-order valence-corrected chi connectivity index (χ2v) is 8.79. The van der Waals surface area contributed by atoms with E-state index in [2.05, 4.69) is 17.2 Å². The summed E-state index contributed by atoms with van der Waals surface area (Å²) in [5.41, 5.74) is 0. The van der Waals surface area contributed by atoms with Gasteiger partial charge in [0.1, 0.15) is 5.01 Å². The van der Waals surface area contributed by atoms with Crippen LogP contribution in [0.25, 0.3) is 0 Å². The maximum atomic E-state index is 12.6. The molecule has 2 fully saturated rings. The largest absolute Gasteiger partial charge is 0.328 e. The van der Waals surface area contributed by atoms with Gasteiger partial charge in [-0.1, -0.05) is 6.92 Å². The van der Waals surface area contributed by atoms with Crippen LogP contribution in [0.5, 0.6) is 0 Å². The van der Waals surface area contributed by atoms with E-state index in [0.717, 1.165) is 23.1 Å². The first-order chi connectivity index (χ1) is 10.7. The standard InChI is InChI=1S/C16H25N3OS2/c1-3-21-13-7-6-12(10-13)19(2)16(20)18-14(11-4-5-11)15-17-8-9-22-15/h8-9,11-14H,3-7,10H2,1-2H3,(H,18,20)/t12-,13+,14-/m0/s1. The van der Waals surface area contributed by atoms with Crippen LogP contribution in [0.3, 0.4) is 0 Å². The molecule has 1 aromatic rings. The average molecular weight is 340 g/mol. The maximum Gasteiger partial charge on any atom is 0.317 e. The highest BCUT2D eigenvalue weighted by molar-refractivity contribution is 7.99. The van der Waals surface area contributed by atoms with Crippen molar-refractivity contribution < 1.29 is 4.79 Å². The minimum absolute atomic E-state index is 0.0687. The molecule has 0 unspecified atom stereocenters. The fourth-order valence-electron chi connectivity index (χ4n) is 3.26. The number of hydrogen-bond acceptors (Lipinski definition) is 4. The van der Waals surface area contributed by atoms with Gasteiger partial charge in [-0.15, -0.1) is 11.3 Å². The first kappa shape index (κ1) is 16.1. The molecule has 2 amide bonds. The summed E-state index contributed by atoms with van der Waals surface area (Å²) in [6, 6.07) is 0.566. The number of carbonyl (C=O) groups is 1. The molecule has 0 bridgehead atoms. The van der Waals surface area contributed by atoms with Crippen LogP contribution in [-0.2, 0) is 0 Å². The van der Waals surface area contributed by atoms with Crippen molar-refractivity contribution in [1.29, 1.82) is 0 Å². The van der Waals surface area contributed by atoms with E-state index in [1.807, 2.05) is 35.3 Å². The second-order valence-electron chi connectivity index (χ2n) is 6.29. The highest BCUT2D eigenvalue weighted by atomic mass is 32.2. The molecule has 0 radical (unpaired) electrons. The first-order valence-electron chi connectivity index (χ1n) is 8.23. The summed E-state index contributed by atoms with van der Waals surface area (Å²) in [6.07, 6.45) is 7.73. The maximum absolute atomic E-state index is 12.6. The number of nitrogens with zero attached hydrogens (tertiary/aromatic N) is 2.